The lowest BCUT2D eigenvalue weighted by Crippen LogP contribution is -2.29. The van der Waals surface area contributed by atoms with Crippen LogP contribution in [-0.2, 0) is 4.79 Å². The smallest absolute Gasteiger partial charge is 0.263 e. The Hall–Kier alpha value is -1.23. The molecule has 1 aliphatic heterocycles. The summed E-state index contributed by atoms with van der Waals surface area (Å²) in [6.07, 6.45) is 0.359. The van der Waals surface area contributed by atoms with E-state index in [0.717, 1.165) is 23.2 Å². The average Bonchev–Trinajstić information content (AvgIpc) is 2.63. The topological polar surface area (TPSA) is 38.8 Å². The van der Waals surface area contributed by atoms with Crippen LogP contribution in [0.4, 0.5) is 0 Å². The summed E-state index contributed by atoms with van der Waals surface area (Å²) in [5, 5.41) is 0. The third-order valence-electron chi connectivity index (χ3n) is 2.79. The molecule has 1 aromatic carbocycles. The van der Waals surface area contributed by atoms with Gasteiger partial charge in [-0.15, -0.1) is 0 Å². The number of hydrogen-bond donors (Lipinski definition) is 0. The Morgan fingerprint density at radius 2 is 2.24 bits per heavy atom. The van der Waals surface area contributed by atoms with Crippen molar-refractivity contribution in [1.29, 1.82) is 0 Å². The summed E-state index contributed by atoms with van der Waals surface area (Å²) >= 11 is 3.40. The van der Waals surface area contributed by atoms with Crippen molar-refractivity contribution in [3.05, 3.63) is 22.7 Å². The molecule has 0 aromatic heterocycles. The number of nitrogens with zero attached hydrogens (tertiary/aromatic N) is 1. The van der Waals surface area contributed by atoms with Crippen LogP contribution >= 0.6 is 15.9 Å². The van der Waals surface area contributed by atoms with Crippen molar-refractivity contribution >= 4 is 21.8 Å². The maximum atomic E-state index is 11.7. The minimum absolute atomic E-state index is 0.0349. The number of carbonyl (C=O) groups is 1. The number of benzene rings is 1. The van der Waals surface area contributed by atoms with Crippen LogP contribution in [0.25, 0.3) is 0 Å². The van der Waals surface area contributed by atoms with Crippen molar-refractivity contribution in [1.82, 2.24) is 4.90 Å². The summed E-state index contributed by atoms with van der Waals surface area (Å²) in [6, 6.07) is 5.43. The number of likely N-dealkylation sites (N-methyl/N-ethyl adjacent to an activating group) is 1. The minimum Gasteiger partial charge on any atom is -0.497 e. The Morgan fingerprint density at radius 3 is 2.76 bits per heavy atom. The molecule has 1 unspecified atom stereocenters. The third kappa shape index (κ3) is 2.54. The van der Waals surface area contributed by atoms with Gasteiger partial charge in [0.25, 0.3) is 5.91 Å². The highest BCUT2D eigenvalue weighted by molar-refractivity contribution is 9.10. The molecule has 1 saturated heterocycles. The zero-order valence-corrected chi connectivity index (χ0v) is 11.4. The highest BCUT2D eigenvalue weighted by Gasteiger charge is 2.31. The van der Waals surface area contributed by atoms with Crippen molar-refractivity contribution in [3.63, 3.8) is 0 Å². The highest BCUT2D eigenvalue weighted by Crippen LogP contribution is 2.31. The van der Waals surface area contributed by atoms with E-state index in [0.29, 0.717) is 5.75 Å². The number of amides is 1. The van der Waals surface area contributed by atoms with Crippen molar-refractivity contribution in [3.8, 4) is 11.5 Å². The van der Waals surface area contributed by atoms with Crippen LogP contribution in [0.2, 0.25) is 0 Å². The first-order valence-electron chi connectivity index (χ1n) is 5.37. The molecule has 0 bridgehead atoms. The first kappa shape index (κ1) is 12.2. The predicted molar refractivity (Wildman–Crippen MR) is 67.4 cm³/mol. The zero-order valence-electron chi connectivity index (χ0n) is 9.77. The Balaban J connectivity index is 2.11. The van der Waals surface area contributed by atoms with Crippen LogP contribution in [0.3, 0.4) is 0 Å². The highest BCUT2D eigenvalue weighted by atomic mass is 79.9. The molecule has 1 heterocycles. The number of methoxy groups -OCH3 is 1. The number of likely N-dealkylation sites (tertiary alicyclic amines) is 1. The molecule has 0 saturated carbocycles. The molecular formula is C12H14BrNO3. The largest absolute Gasteiger partial charge is 0.497 e. The van der Waals surface area contributed by atoms with Gasteiger partial charge in [0.15, 0.2) is 6.10 Å². The van der Waals surface area contributed by atoms with E-state index in [1.165, 1.54) is 0 Å². The van der Waals surface area contributed by atoms with E-state index in [4.69, 9.17) is 9.47 Å². The van der Waals surface area contributed by atoms with E-state index >= 15 is 0 Å². The molecule has 92 valence electrons. The van der Waals surface area contributed by atoms with E-state index in [2.05, 4.69) is 15.9 Å². The standard InChI is InChI=1S/C12H14BrNO3/c1-14-6-5-11(12(14)15)17-10-4-3-8(16-2)7-9(10)13/h3-4,7,11H,5-6H2,1-2H3. The summed E-state index contributed by atoms with van der Waals surface area (Å²) in [5.74, 6) is 1.45. The fourth-order valence-corrected chi connectivity index (χ4v) is 2.21. The molecule has 5 heteroatoms. The van der Waals surface area contributed by atoms with E-state index in [9.17, 15) is 4.79 Å². The molecule has 1 aliphatic rings. The molecular weight excluding hydrogens is 286 g/mol. The van der Waals surface area contributed by atoms with Crippen LogP contribution in [0.1, 0.15) is 6.42 Å². The number of carbonyl (C=O) groups excluding carboxylic acids is 1. The Kier molecular flexibility index (Phi) is 3.57. The fourth-order valence-electron chi connectivity index (χ4n) is 1.76. The first-order valence-corrected chi connectivity index (χ1v) is 6.16. The first-order chi connectivity index (χ1) is 8.11. The van der Waals surface area contributed by atoms with Crippen molar-refractivity contribution in [2.24, 2.45) is 0 Å². The van der Waals surface area contributed by atoms with Crippen molar-refractivity contribution in [2.45, 2.75) is 12.5 Å². The summed E-state index contributed by atoms with van der Waals surface area (Å²) in [4.78, 5) is 13.4. The molecule has 0 spiro atoms. The Morgan fingerprint density at radius 1 is 1.47 bits per heavy atom. The van der Waals surface area contributed by atoms with Crippen LogP contribution in [0.15, 0.2) is 22.7 Å². The van der Waals surface area contributed by atoms with Crippen LogP contribution < -0.4 is 9.47 Å². The number of ether oxygens (including phenoxy) is 2. The van der Waals surface area contributed by atoms with Gasteiger partial charge in [0.2, 0.25) is 0 Å². The molecule has 4 nitrogen and oxygen atoms in total. The van der Waals surface area contributed by atoms with Gasteiger partial charge in [0, 0.05) is 20.0 Å². The fraction of sp³-hybridized carbons (Fsp3) is 0.417. The number of hydrogen-bond acceptors (Lipinski definition) is 3. The number of rotatable bonds is 3. The van der Waals surface area contributed by atoms with E-state index in [1.54, 1.807) is 25.1 Å². The van der Waals surface area contributed by atoms with E-state index in [1.807, 2.05) is 12.1 Å². The van der Waals surface area contributed by atoms with Gasteiger partial charge in [-0.2, -0.15) is 0 Å². The van der Waals surface area contributed by atoms with Gasteiger partial charge in [-0.1, -0.05) is 0 Å². The molecule has 0 radical (unpaired) electrons. The lowest BCUT2D eigenvalue weighted by molar-refractivity contribution is -0.132. The lowest BCUT2D eigenvalue weighted by Gasteiger charge is -2.14. The van der Waals surface area contributed by atoms with Gasteiger partial charge in [-0.05, 0) is 34.1 Å². The summed E-state index contributed by atoms with van der Waals surface area (Å²) in [6.45, 7) is 0.747. The van der Waals surface area contributed by atoms with E-state index in [-0.39, 0.29) is 12.0 Å². The summed E-state index contributed by atoms with van der Waals surface area (Å²) in [5.41, 5.74) is 0. The van der Waals surface area contributed by atoms with Crippen LogP contribution in [0, 0.1) is 0 Å². The predicted octanol–water partition coefficient (Wildman–Crippen LogP) is 2.07. The maximum absolute atomic E-state index is 11.7. The van der Waals surface area contributed by atoms with Crippen LogP contribution in [-0.4, -0.2) is 37.6 Å². The molecule has 1 atom stereocenters. The average molecular weight is 300 g/mol. The van der Waals surface area contributed by atoms with Gasteiger partial charge in [0.05, 0.1) is 11.6 Å². The SMILES string of the molecule is COc1ccc(OC2CCN(C)C2=O)c(Br)c1. The minimum atomic E-state index is -0.371. The molecule has 1 amide bonds. The molecule has 0 aliphatic carbocycles. The zero-order chi connectivity index (χ0) is 12.4. The quantitative estimate of drug-likeness (QED) is 0.858. The van der Waals surface area contributed by atoms with Gasteiger partial charge < -0.3 is 14.4 Å². The Bertz CT molecular complexity index is 436. The van der Waals surface area contributed by atoms with Gasteiger partial charge in [0.1, 0.15) is 11.5 Å². The second-order valence-electron chi connectivity index (χ2n) is 3.95. The molecule has 2 rings (SSSR count). The second-order valence-corrected chi connectivity index (χ2v) is 4.81. The Labute approximate surface area is 109 Å². The monoisotopic (exact) mass is 299 g/mol. The van der Waals surface area contributed by atoms with Crippen molar-refractivity contribution in [2.75, 3.05) is 20.7 Å². The molecule has 17 heavy (non-hydrogen) atoms. The van der Waals surface area contributed by atoms with Gasteiger partial charge in [-0.25, -0.2) is 0 Å². The van der Waals surface area contributed by atoms with Gasteiger partial charge >= 0.3 is 0 Å². The molecule has 1 fully saturated rings. The second kappa shape index (κ2) is 4.96. The summed E-state index contributed by atoms with van der Waals surface area (Å²) in [7, 11) is 3.40. The van der Waals surface area contributed by atoms with Crippen molar-refractivity contribution < 1.29 is 14.3 Å². The molecule has 0 N–H and O–H groups in total. The molecule has 1 aromatic rings. The van der Waals surface area contributed by atoms with Gasteiger partial charge in [-0.3, -0.25) is 4.79 Å². The van der Waals surface area contributed by atoms with E-state index < -0.39 is 0 Å². The maximum Gasteiger partial charge on any atom is 0.263 e. The third-order valence-corrected chi connectivity index (χ3v) is 3.41. The summed E-state index contributed by atoms with van der Waals surface area (Å²) < 4.78 is 11.6. The number of halogens is 1. The lowest BCUT2D eigenvalue weighted by atomic mass is 10.3. The van der Waals surface area contributed by atoms with Crippen LogP contribution in [0.5, 0.6) is 11.5 Å². The normalized spacial score (nSPS) is 19.6.